The summed E-state index contributed by atoms with van der Waals surface area (Å²) in [7, 11) is -3.24. The monoisotopic (exact) mass is 674 g/mol. The topological polar surface area (TPSA) is 0 Å². The van der Waals surface area contributed by atoms with E-state index in [1.807, 2.05) is 0 Å². The van der Waals surface area contributed by atoms with Crippen LogP contribution in [0.25, 0.3) is 43.5 Å². The first kappa shape index (κ1) is 30.2. The summed E-state index contributed by atoms with van der Waals surface area (Å²) >= 11 is 0. The Bertz CT molecular complexity index is 2840. The van der Waals surface area contributed by atoms with E-state index >= 15 is 0 Å². The maximum absolute atomic E-state index is 3.91. The number of fused-ring (bicyclic) bond motifs is 12. The molecule has 6 aromatic rings. The number of hydrogen-bond donors (Lipinski definition) is 0. The van der Waals surface area contributed by atoms with Gasteiger partial charge in [0.15, 0.2) is 0 Å². The highest BCUT2D eigenvalue weighted by Crippen LogP contribution is 2.47. The molecule has 0 saturated carbocycles. The normalized spacial score (nSPS) is 15.3. The molecule has 242 valence electrons. The SMILES string of the molecule is C[Si](C)(C)C#CC1=c2ccc3ccccc3c2=c2c1c1c3c(c4c(c5c3c2CCC5)C(C#C[Si](C)(C)C)=c2ccc3ccccc3c2=4)CCC1. The molecule has 0 aromatic heterocycles. The second kappa shape index (κ2) is 10.5. The highest BCUT2D eigenvalue weighted by atomic mass is 28.3. The van der Waals surface area contributed by atoms with Crippen molar-refractivity contribution < 1.29 is 0 Å². The molecule has 4 aliphatic carbocycles. The van der Waals surface area contributed by atoms with Crippen molar-refractivity contribution >= 4 is 59.6 Å². The Morgan fingerprint density at radius 2 is 0.840 bits per heavy atom. The van der Waals surface area contributed by atoms with Gasteiger partial charge in [-0.05, 0) is 124 Å². The van der Waals surface area contributed by atoms with E-state index in [1.54, 1.807) is 33.0 Å². The summed E-state index contributed by atoms with van der Waals surface area (Å²) in [4.78, 5) is 0. The van der Waals surface area contributed by atoms with Crippen molar-refractivity contribution in [3.05, 3.63) is 137 Å². The number of rotatable bonds is 0. The lowest BCUT2D eigenvalue weighted by Gasteiger charge is -2.29. The van der Waals surface area contributed by atoms with E-state index in [2.05, 4.69) is 135 Å². The predicted molar refractivity (Wildman–Crippen MR) is 218 cm³/mol. The molecule has 4 aliphatic rings. The van der Waals surface area contributed by atoms with Gasteiger partial charge >= 0.3 is 0 Å². The quantitative estimate of drug-likeness (QED) is 0.111. The van der Waals surface area contributed by atoms with Gasteiger partial charge in [-0.15, -0.1) is 11.1 Å². The molecule has 0 atom stereocenters. The Morgan fingerprint density at radius 3 is 1.26 bits per heavy atom. The highest BCUT2D eigenvalue weighted by molar-refractivity contribution is 6.84. The Balaban J connectivity index is 1.51. The molecule has 0 unspecified atom stereocenters. The van der Waals surface area contributed by atoms with Crippen LogP contribution in [-0.2, 0) is 25.7 Å². The van der Waals surface area contributed by atoms with Crippen LogP contribution in [-0.4, -0.2) is 16.1 Å². The molecule has 0 amide bonds. The molecule has 6 aromatic carbocycles. The Hall–Kier alpha value is -4.61. The van der Waals surface area contributed by atoms with Gasteiger partial charge in [0.1, 0.15) is 16.1 Å². The van der Waals surface area contributed by atoms with Gasteiger partial charge in [-0.1, -0.05) is 124 Å². The van der Waals surface area contributed by atoms with E-state index in [0.717, 1.165) is 25.7 Å². The molecule has 0 fully saturated rings. The van der Waals surface area contributed by atoms with Gasteiger partial charge in [-0.25, -0.2) is 0 Å². The first-order valence-electron chi connectivity index (χ1n) is 18.6. The molecule has 10 rings (SSSR count). The zero-order valence-corrected chi connectivity index (χ0v) is 32.2. The molecule has 2 heteroatoms. The van der Waals surface area contributed by atoms with Crippen molar-refractivity contribution in [2.45, 2.75) is 77.8 Å². The average molecular weight is 675 g/mol. The Kier molecular flexibility index (Phi) is 6.33. The van der Waals surface area contributed by atoms with Crippen LogP contribution in [0.5, 0.6) is 0 Å². The fourth-order valence-electron chi connectivity index (χ4n) is 9.59. The minimum Gasteiger partial charge on any atom is -0.127 e. The molecule has 0 bridgehead atoms. The Morgan fingerprint density at radius 1 is 0.440 bits per heavy atom. The minimum atomic E-state index is -1.62. The minimum absolute atomic E-state index is 1.11. The van der Waals surface area contributed by atoms with Crippen LogP contribution in [0.15, 0.2) is 72.8 Å². The summed E-state index contributed by atoms with van der Waals surface area (Å²) in [6.07, 6.45) is 6.80. The van der Waals surface area contributed by atoms with Gasteiger partial charge < -0.3 is 0 Å². The summed E-state index contributed by atoms with van der Waals surface area (Å²) in [6, 6.07) is 27.5. The third kappa shape index (κ3) is 4.25. The zero-order chi connectivity index (χ0) is 34.1. The molecule has 0 radical (unpaired) electrons. The molecule has 0 nitrogen and oxygen atoms in total. The first-order valence-corrected chi connectivity index (χ1v) is 25.6. The zero-order valence-electron chi connectivity index (χ0n) is 30.2. The standard InChI is InChI=1S/C48H42Si2/c1-49(2,3)27-25-35-33-23-21-29-13-7-9-15-31(29)41(33)47-39-19-12-18-38-44-36(26-28-50(4,5)6)34-24-22-30-14-8-10-16-32(30)42(34)48(44)40-20-11-17-37(43(35)47)45(40)46(38)39/h7-10,13-16,21-24H,11-12,17-20H2,1-6H3. The van der Waals surface area contributed by atoms with Crippen LogP contribution in [0.4, 0.5) is 0 Å². The van der Waals surface area contributed by atoms with E-state index in [-0.39, 0.29) is 0 Å². The van der Waals surface area contributed by atoms with Gasteiger partial charge in [0, 0.05) is 22.3 Å². The predicted octanol–water partition coefficient (Wildman–Crippen LogP) is 9.48. The van der Waals surface area contributed by atoms with Crippen LogP contribution in [0.2, 0.25) is 39.3 Å². The first-order chi connectivity index (χ1) is 24.1. The lowest BCUT2D eigenvalue weighted by atomic mass is 9.74. The summed E-state index contributed by atoms with van der Waals surface area (Å²) < 4.78 is 0. The summed E-state index contributed by atoms with van der Waals surface area (Å²) in [5, 5.41) is 17.1. The second-order valence-corrected chi connectivity index (χ2v) is 26.5. The molecule has 0 saturated heterocycles. The third-order valence-corrected chi connectivity index (χ3v) is 13.1. The smallest absolute Gasteiger partial charge is 0.127 e. The molecule has 0 aliphatic heterocycles. The van der Waals surface area contributed by atoms with Gasteiger partial charge in [-0.3, -0.25) is 0 Å². The van der Waals surface area contributed by atoms with E-state index in [1.165, 1.54) is 88.0 Å². The fourth-order valence-corrected chi connectivity index (χ4v) is 10.6. The second-order valence-electron chi connectivity index (χ2n) is 17.0. The maximum atomic E-state index is 3.91. The molecular formula is C48H42Si2. The van der Waals surface area contributed by atoms with Crippen LogP contribution >= 0.6 is 0 Å². The summed E-state index contributed by atoms with van der Waals surface area (Å²) in [6.45, 7) is 14.3. The van der Waals surface area contributed by atoms with Crippen LogP contribution in [0.1, 0.15) is 46.2 Å². The van der Waals surface area contributed by atoms with Gasteiger partial charge in [0.2, 0.25) is 0 Å². The summed E-state index contributed by atoms with van der Waals surface area (Å²) in [5.74, 6) is 7.81. The fraction of sp³-hybridized carbons (Fsp3) is 0.250. The van der Waals surface area contributed by atoms with Crippen molar-refractivity contribution in [1.82, 2.24) is 0 Å². The van der Waals surface area contributed by atoms with Gasteiger partial charge in [-0.2, -0.15) is 0 Å². The number of benzene rings is 6. The van der Waals surface area contributed by atoms with E-state index < -0.39 is 16.1 Å². The largest absolute Gasteiger partial charge is 0.129 e. The van der Waals surface area contributed by atoms with Crippen molar-refractivity contribution in [2.75, 3.05) is 0 Å². The van der Waals surface area contributed by atoms with Crippen LogP contribution < -0.4 is 10.4 Å². The van der Waals surface area contributed by atoms with Crippen molar-refractivity contribution in [1.29, 1.82) is 0 Å². The highest BCUT2D eigenvalue weighted by Gasteiger charge is 2.33. The van der Waals surface area contributed by atoms with Crippen molar-refractivity contribution in [3.8, 4) is 22.9 Å². The lowest BCUT2D eigenvalue weighted by molar-refractivity contribution is 0.777. The van der Waals surface area contributed by atoms with Crippen LogP contribution in [0.3, 0.4) is 0 Å². The number of aryl methyl sites for hydroxylation is 4. The third-order valence-electron chi connectivity index (χ3n) is 11.4. The molecular weight excluding hydrogens is 633 g/mol. The molecule has 0 spiro atoms. The average Bonchev–Trinajstić information content (AvgIpc) is 3.63. The van der Waals surface area contributed by atoms with Gasteiger partial charge in [0.25, 0.3) is 0 Å². The lowest BCUT2D eigenvalue weighted by Crippen LogP contribution is -2.18. The molecule has 0 heterocycles. The van der Waals surface area contributed by atoms with Crippen LogP contribution in [0, 0.1) is 43.8 Å². The van der Waals surface area contributed by atoms with E-state index in [0.29, 0.717) is 0 Å². The molecule has 0 N–H and O–H groups in total. The van der Waals surface area contributed by atoms with E-state index in [9.17, 15) is 0 Å². The number of hydrogen-bond acceptors (Lipinski definition) is 0. The maximum Gasteiger partial charge on any atom is 0.129 e. The summed E-state index contributed by atoms with van der Waals surface area (Å²) in [5.41, 5.74) is 19.5. The Labute approximate surface area is 296 Å². The van der Waals surface area contributed by atoms with Gasteiger partial charge in [0.05, 0.1) is 0 Å². The molecule has 50 heavy (non-hydrogen) atoms. The van der Waals surface area contributed by atoms with Crippen molar-refractivity contribution in [3.63, 3.8) is 0 Å². The van der Waals surface area contributed by atoms with Crippen molar-refractivity contribution in [2.24, 2.45) is 0 Å². The van der Waals surface area contributed by atoms with E-state index in [4.69, 9.17) is 0 Å².